The van der Waals surface area contributed by atoms with E-state index in [0.717, 1.165) is 48.1 Å². The van der Waals surface area contributed by atoms with Gasteiger partial charge in [-0.25, -0.2) is 4.79 Å². The first-order valence-electron chi connectivity index (χ1n) is 10.0. The lowest BCUT2D eigenvalue weighted by Gasteiger charge is -2.31. The Morgan fingerprint density at radius 3 is 2.50 bits per heavy atom. The zero-order chi connectivity index (χ0) is 20.4. The van der Waals surface area contributed by atoms with Crippen LogP contribution in [0.25, 0.3) is 6.08 Å². The van der Waals surface area contributed by atoms with Gasteiger partial charge in [0.2, 0.25) is 0 Å². The van der Waals surface area contributed by atoms with Gasteiger partial charge in [-0.05, 0) is 67.5 Å². The normalized spacial score (nSPS) is 19.7. The fraction of sp³-hybridized carbons (Fsp3) is 0.500. The largest absolute Gasteiger partial charge is 0.494 e. The molecule has 150 valence electrons. The summed E-state index contributed by atoms with van der Waals surface area (Å²) < 4.78 is 5.75. The summed E-state index contributed by atoms with van der Waals surface area (Å²) >= 11 is 0. The number of amides is 4. The molecule has 0 spiro atoms. The Morgan fingerprint density at radius 1 is 1.21 bits per heavy atom. The second kappa shape index (κ2) is 8.17. The first kappa shape index (κ1) is 20.1. The predicted molar refractivity (Wildman–Crippen MR) is 107 cm³/mol. The Morgan fingerprint density at radius 2 is 1.89 bits per heavy atom. The lowest BCUT2D eigenvalue weighted by Crippen LogP contribution is -2.57. The average molecular weight is 384 g/mol. The number of barbiturate groups is 1. The standard InChI is InChI=1S/C22H28N2O4/c1-5-28-19-10-14(4)15(11-17(19)13(2)3)12-18-20(25)23-22(27)24(21(18)26)16-8-6-7-9-16/h10-13,16H,5-9H2,1-4H3,(H,23,25,27)/b18-12+. The van der Waals surface area contributed by atoms with E-state index in [0.29, 0.717) is 6.61 Å². The number of hydrogen-bond donors (Lipinski definition) is 1. The van der Waals surface area contributed by atoms with E-state index in [1.807, 2.05) is 26.0 Å². The second-order valence-electron chi connectivity index (χ2n) is 7.77. The van der Waals surface area contributed by atoms with Gasteiger partial charge in [0.1, 0.15) is 11.3 Å². The zero-order valence-corrected chi connectivity index (χ0v) is 17.0. The molecule has 1 aliphatic heterocycles. The van der Waals surface area contributed by atoms with Crippen LogP contribution >= 0.6 is 0 Å². The zero-order valence-electron chi connectivity index (χ0n) is 17.0. The first-order valence-corrected chi connectivity index (χ1v) is 10.0. The number of hydrogen-bond acceptors (Lipinski definition) is 4. The molecule has 1 saturated carbocycles. The lowest BCUT2D eigenvalue weighted by molar-refractivity contribution is -0.131. The number of imide groups is 2. The van der Waals surface area contributed by atoms with E-state index in [1.54, 1.807) is 6.08 Å². The van der Waals surface area contributed by atoms with E-state index in [9.17, 15) is 14.4 Å². The van der Waals surface area contributed by atoms with E-state index in [4.69, 9.17) is 4.74 Å². The summed E-state index contributed by atoms with van der Waals surface area (Å²) in [4.78, 5) is 38.9. The molecule has 1 aromatic carbocycles. The molecule has 28 heavy (non-hydrogen) atoms. The molecule has 0 radical (unpaired) electrons. The fourth-order valence-corrected chi connectivity index (χ4v) is 3.92. The molecule has 1 saturated heterocycles. The molecule has 1 N–H and O–H groups in total. The van der Waals surface area contributed by atoms with E-state index < -0.39 is 17.8 Å². The predicted octanol–water partition coefficient (Wildman–Crippen LogP) is 3.92. The van der Waals surface area contributed by atoms with Crippen molar-refractivity contribution in [3.8, 4) is 5.75 Å². The molecular weight excluding hydrogens is 356 g/mol. The Bertz CT molecular complexity index is 835. The van der Waals surface area contributed by atoms with Gasteiger partial charge in [0.05, 0.1) is 6.61 Å². The molecule has 0 bridgehead atoms. The summed E-state index contributed by atoms with van der Waals surface area (Å²) in [5.74, 6) is -0.0882. The van der Waals surface area contributed by atoms with E-state index in [-0.39, 0.29) is 17.5 Å². The molecule has 1 heterocycles. The van der Waals surface area contributed by atoms with Crippen LogP contribution in [0.2, 0.25) is 0 Å². The molecule has 0 aromatic heterocycles. The van der Waals surface area contributed by atoms with Gasteiger partial charge in [-0.3, -0.25) is 19.8 Å². The Labute approximate surface area is 165 Å². The minimum absolute atomic E-state index is 0.00784. The van der Waals surface area contributed by atoms with Crippen molar-refractivity contribution in [2.75, 3.05) is 6.61 Å². The van der Waals surface area contributed by atoms with Crippen LogP contribution in [0.5, 0.6) is 5.75 Å². The van der Waals surface area contributed by atoms with Crippen molar-refractivity contribution in [1.29, 1.82) is 0 Å². The number of benzene rings is 1. The minimum atomic E-state index is -0.636. The van der Waals surface area contributed by atoms with E-state index >= 15 is 0 Å². The average Bonchev–Trinajstić information content (AvgIpc) is 3.14. The molecule has 3 rings (SSSR count). The molecule has 4 amide bonds. The third-order valence-corrected chi connectivity index (χ3v) is 5.44. The Balaban J connectivity index is 2.01. The van der Waals surface area contributed by atoms with Crippen LogP contribution in [0.15, 0.2) is 17.7 Å². The maximum absolute atomic E-state index is 13.0. The molecule has 2 aliphatic rings. The third kappa shape index (κ3) is 3.81. The topological polar surface area (TPSA) is 75.7 Å². The summed E-state index contributed by atoms with van der Waals surface area (Å²) in [6.07, 6.45) is 5.17. The molecule has 0 atom stereocenters. The quantitative estimate of drug-likeness (QED) is 0.617. The van der Waals surface area contributed by atoms with Crippen molar-refractivity contribution in [3.05, 3.63) is 34.4 Å². The number of carbonyl (C=O) groups excluding carboxylic acids is 3. The molecule has 1 aliphatic carbocycles. The van der Waals surface area contributed by atoms with E-state index in [2.05, 4.69) is 19.2 Å². The van der Waals surface area contributed by atoms with Crippen LogP contribution in [0.4, 0.5) is 4.79 Å². The molecule has 2 fully saturated rings. The molecule has 0 unspecified atom stereocenters. The second-order valence-corrected chi connectivity index (χ2v) is 7.77. The number of ether oxygens (including phenoxy) is 1. The SMILES string of the molecule is CCOc1cc(C)c(/C=C2\C(=O)NC(=O)N(C3CCCC3)C2=O)cc1C(C)C. The van der Waals surface area contributed by atoms with E-state index in [1.165, 1.54) is 4.90 Å². The van der Waals surface area contributed by atoms with Gasteiger partial charge in [0, 0.05) is 6.04 Å². The van der Waals surface area contributed by atoms with Gasteiger partial charge in [-0.1, -0.05) is 26.7 Å². The maximum atomic E-state index is 13.0. The number of nitrogens with one attached hydrogen (secondary N) is 1. The van der Waals surface area contributed by atoms with Gasteiger partial charge < -0.3 is 4.74 Å². The highest BCUT2D eigenvalue weighted by atomic mass is 16.5. The van der Waals surface area contributed by atoms with Crippen molar-refractivity contribution in [2.24, 2.45) is 0 Å². The van der Waals surface area contributed by atoms with Gasteiger partial charge in [0.15, 0.2) is 0 Å². The number of rotatable bonds is 5. The molecule has 1 aromatic rings. The minimum Gasteiger partial charge on any atom is -0.494 e. The summed E-state index contributed by atoms with van der Waals surface area (Å²) in [6.45, 7) is 8.57. The fourth-order valence-electron chi connectivity index (χ4n) is 3.92. The van der Waals surface area contributed by atoms with Gasteiger partial charge in [0.25, 0.3) is 11.8 Å². The van der Waals surface area contributed by atoms with Crippen molar-refractivity contribution >= 4 is 23.9 Å². The van der Waals surface area contributed by atoms with Gasteiger partial charge >= 0.3 is 6.03 Å². The van der Waals surface area contributed by atoms with Crippen molar-refractivity contribution < 1.29 is 19.1 Å². The summed E-state index contributed by atoms with van der Waals surface area (Å²) in [5.41, 5.74) is 2.72. The van der Waals surface area contributed by atoms with Crippen molar-refractivity contribution in [2.45, 2.75) is 65.3 Å². The number of aryl methyl sites for hydroxylation is 1. The van der Waals surface area contributed by atoms with Crippen LogP contribution in [-0.4, -0.2) is 35.4 Å². The highest BCUT2D eigenvalue weighted by Crippen LogP contribution is 2.32. The van der Waals surface area contributed by atoms with Crippen LogP contribution in [-0.2, 0) is 9.59 Å². The Hall–Kier alpha value is -2.63. The highest BCUT2D eigenvalue weighted by Gasteiger charge is 2.40. The van der Waals surface area contributed by atoms with Crippen molar-refractivity contribution in [1.82, 2.24) is 10.2 Å². The molecular formula is C22H28N2O4. The summed E-state index contributed by atoms with van der Waals surface area (Å²) in [5, 5.41) is 2.33. The number of urea groups is 1. The van der Waals surface area contributed by atoms with Crippen LogP contribution in [0.1, 0.15) is 69.1 Å². The summed E-state index contributed by atoms with van der Waals surface area (Å²) in [6, 6.07) is 3.17. The number of nitrogens with zero attached hydrogens (tertiary/aromatic N) is 1. The monoisotopic (exact) mass is 384 g/mol. The van der Waals surface area contributed by atoms with Gasteiger partial charge in [-0.2, -0.15) is 0 Å². The number of carbonyl (C=O) groups is 3. The molecule has 6 nitrogen and oxygen atoms in total. The lowest BCUT2D eigenvalue weighted by atomic mass is 9.94. The van der Waals surface area contributed by atoms with Gasteiger partial charge in [-0.15, -0.1) is 0 Å². The Kier molecular flexibility index (Phi) is 5.87. The molecule has 6 heteroatoms. The van der Waals surface area contributed by atoms with Crippen LogP contribution < -0.4 is 10.1 Å². The van der Waals surface area contributed by atoms with Crippen molar-refractivity contribution in [3.63, 3.8) is 0 Å². The summed E-state index contributed by atoms with van der Waals surface area (Å²) in [7, 11) is 0. The highest BCUT2D eigenvalue weighted by molar-refractivity contribution is 6.31. The maximum Gasteiger partial charge on any atom is 0.331 e. The third-order valence-electron chi connectivity index (χ3n) is 5.44. The first-order chi connectivity index (χ1) is 13.3. The smallest absolute Gasteiger partial charge is 0.331 e. The van der Waals surface area contributed by atoms with Crippen LogP contribution in [0.3, 0.4) is 0 Å². The van der Waals surface area contributed by atoms with Crippen LogP contribution in [0, 0.1) is 6.92 Å².